The minimum Gasteiger partial charge on any atom is -0.383 e. The van der Waals surface area contributed by atoms with E-state index in [1.165, 1.54) is 0 Å². The summed E-state index contributed by atoms with van der Waals surface area (Å²) in [5, 5.41) is 6.79. The van der Waals surface area contributed by atoms with Crippen LogP contribution in [-0.4, -0.2) is 30.8 Å². The summed E-state index contributed by atoms with van der Waals surface area (Å²) in [6.07, 6.45) is 0. The molecule has 0 aliphatic heterocycles. The zero-order valence-corrected chi connectivity index (χ0v) is 13.8. The van der Waals surface area contributed by atoms with E-state index in [0.717, 1.165) is 16.3 Å². The second-order valence-electron chi connectivity index (χ2n) is 5.05. The minimum absolute atomic E-state index is 0.0347. The van der Waals surface area contributed by atoms with Crippen LogP contribution in [0.25, 0.3) is 0 Å². The number of benzene rings is 1. The van der Waals surface area contributed by atoms with E-state index < -0.39 is 0 Å². The summed E-state index contributed by atoms with van der Waals surface area (Å²) in [5.74, 6) is 1.34. The average Bonchev–Trinajstić information content (AvgIpc) is 2.91. The molecular weight excluding hydrogens is 300 g/mol. The van der Waals surface area contributed by atoms with Crippen molar-refractivity contribution in [2.24, 2.45) is 0 Å². The van der Waals surface area contributed by atoms with Gasteiger partial charge in [0, 0.05) is 24.1 Å². The molecule has 0 fully saturated rings. The van der Waals surface area contributed by atoms with Gasteiger partial charge in [-0.1, -0.05) is 17.3 Å². The molecule has 1 aromatic carbocycles. The zero-order valence-electron chi connectivity index (χ0n) is 13.0. The lowest BCUT2D eigenvalue weighted by Gasteiger charge is -2.14. The van der Waals surface area contributed by atoms with Crippen LogP contribution in [0.15, 0.2) is 39.8 Å². The molecule has 0 spiro atoms. The summed E-state index contributed by atoms with van der Waals surface area (Å²) in [6.45, 7) is 4.28. The van der Waals surface area contributed by atoms with Gasteiger partial charge in [-0.3, -0.25) is 4.79 Å². The smallest absolute Gasteiger partial charge is 0.252 e. The molecule has 2 aromatic rings. The van der Waals surface area contributed by atoms with Crippen molar-refractivity contribution in [1.82, 2.24) is 10.5 Å². The summed E-state index contributed by atoms with van der Waals surface area (Å²) in [6, 6.07) is 9.40. The van der Waals surface area contributed by atoms with Gasteiger partial charge in [-0.2, -0.15) is 0 Å². The first-order valence-electron chi connectivity index (χ1n) is 7.04. The Kier molecular flexibility index (Phi) is 6.03. The molecule has 0 saturated heterocycles. The number of nitrogens with one attached hydrogen (secondary N) is 1. The lowest BCUT2D eigenvalue weighted by Crippen LogP contribution is -2.35. The molecule has 0 aliphatic rings. The Balaban J connectivity index is 2.04. The predicted molar refractivity (Wildman–Crippen MR) is 86.0 cm³/mol. The van der Waals surface area contributed by atoms with E-state index in [0.29, 0.717) is 17.9 Å². The van der Waals surface area contributed by atoms with Crippen molar-refractivity contribution in [2.45, 2.75) is 30.5 Å². The maximum atomic E-state index is 12.4. The van der Waals surface area contributed by atoms with Gasteiger partial charge in [0.15, 0.2) is 0 Å². The highest BCUT2D eigenvalue weighted by atomic mass is 32.2. The molecule has 0 radical (unpaired) electrons. The number of carbonyl (C=O) groups is 1. The summed E-state index contributed by atoms with van der Waals surface area (Å²) in [7, 11) is 1.62. The normalized spacial score (nSPS) is 12.1. The number of carbonyl (C=O) groups excluding carboxylic acids is 1. The highest BCUT2D eigenvalue weighted by Gasteiger charge is 2.14. The lowest BCUT2D eigenvalue weighted by atomic mass is 10.2. The van der Waals surface area contributed by atoms with Gasteiger partial charge in [0.05, 0.1) is 23.6 Å². The number of amides is 1. The van der Waals surface area contributed by atoms with E-state index in [2.05, 4.69) is 10.5 Å². The Morgan fingerprint density at radius 3 is 2.91 bits per heavy atom. The Hall–Kier alpha value is -1.79. The van der Waals surface area contributed by atoms with Gasteiger partial charge in [-0.15, -0.1) is 11.8 Å². The fourth-order valence-electron chi connectivity index (χ4n) is 2.01. The van der Waals surface area contributed by atoms with E-state index in [1.54, 1.807) is 18.9 Å². The number of hydrogen-bond acceptors (Lipinski definition) is 5. The maximum absolute atomic E-state index is 12.4. The van der Waals surface area contributed by atoms with Gasteiger partial charge in [0.25, 0.3) is 5.91 Å². The SMILES string of the molecule is COCC(C)NC(=O)c1ccccc1SCc1cc(C)no1. The molecule has 118 valence electrons. The molecule has 0 saturated carbocycles. The number of aromatic nitrogens is 1. The molecule has 2 rings (SSSR count). The number of ether oxygens (including phenoxy) is 1. The molecule has 0 aliphatic carbocycles. The fraction of sp³-hybridized carbons (Fsp3) is 0.375. The Labute approximate surface area is 134 Å². The highest BCUT2D eigenvalue weighted by Crippen LogP contribution is 2.26. The molecule has 5 nitrogen and oxygen atoms in total. The number of thioether (sulfide) groups is 1. The first kappa shape index (κ1) is 16.6. The van der Waals surface area contributed by atoms with Crippen molar-refractivity contribution < 1.29 is 14.1 Å². The molecule has 1 amide bonds. The lowest BCUT2D eigenvalue weighted by molar-refractivity contribution is 0.0902. The second-order valence-corrected chi connectivity index (χ2v) is 6.07. The van der Waals surface area contributed by atoms with Crippen LogP contribution in [0.2, 0.25) is 0 Å². The molecule has 1 aromatic heterocycles. The fourth-order valence-corrected chi connectivity index (χ4v) is 2.93. The first-order valence-corrected chi connectivity index (χ1v) is 8.02. The van der Waals surface area contributed by atoms with E-state index in [9.17, 15) is 4.79 Å². The third kappa shape index (κ3) is 4.61. The minimum atomic E-state index is -0.0959. The molecule has 1 atom stereocenters. The van der Waals surface area contributed by atoms with Crippen molar-refractivity contribution in [2.75, 3.05) is 13.7 Å². The number of nitrogens with zero attached hydrogens (tertiary/aromatic N) is 1. The topological polar surface area (TPSA) is 64.4 Å². The third-order valence-electron chi connectivity index (χ3n) is 2.97. The predicted octanol–water partition coefficient (Wildman–Crippen LogP) is 3.04. The van der Waals surface area contributed by atoms with Crippen LogP contribution < -0.4 is 5.32 Å². The Bertz CT molecular complexity index is 627. The summed E-state index contributed by atoms with van der Waals surface area (Å²) in [4.78, 5) is 13.3. The third-order valence-corrected chi connectivity index (χ3v) is 4.07. The van der Waals surface area contributed by atoms with Crippen LogP contribution in [0.1, 0.15) is 28.7 Å². The number of aryl methyl sites for hydroxylation is 1. The quantitative estimate of drug-likeness (QED) is 0.794. The van der Waals surface area contributed by atoms with Gasteiger partial charge in [0.1, 0.15) is 5.76 Å². The molecule has 0 bridgehead atoms. The molecule has 6 heteroatoms. The monoisotopic (exact) mass is 320 g/mol. The molecule has 1 N–H and O–H groups in total. The standard InChI is InChI=1S/C16H20N2O3S/c1-11-8-13(21-18-11)10-22-15-7-5-4-6-14(15)16(19)17-12(2)9-20-3/h4-8,12H,9-10H2,1-3H3,(H,17,19). The van der Waals surface area contributed by atoms with Crippen molar-refractivity contribution in [3.63, 3.8) is 0 Å². The van der Waals surface area contributed by atoms with Gasteiger partial charge < -0.3 is 14.6 Å². The van der Waals surface area contributed by atoms with Gasteiger partial charge in [0.2, 0.25) is 0 Å². The number of methoxy groups -OCH3 is 1. The largest absolute Gasteiger partial charge is 0.383 e. The summed E-state index contributed by atoms with van der Waals surface area (Å²) in [5.41, 5.74) is 1.52. The van der Waals surface area contributed by atoms with E-state index >= 15 is 0 Å². The van der Waals surface area contributed by atoms with E-state index in [-0.39, 0.29) is 11.9 Å². The maximum Gasteiger partial charge on any atom is 0.252 e. The molecule has 1 unspecified atom stereocenters. The van der Waals surface area contributed by atoms with E-state index in [4.69, 9.17) is 9.26 Å². The van der Waals surface area contributed by atoms with Crippen LogP contribution in [0.4, 0.5) is 0 Å². The summed E-state index contributed by atoms with van der Waals surface area (Å²) >= 11 is 1.56. The van der Waals surface area contributed by atoms with Crippen LogP contribution in [-0.2, 0) is 10.5 Å². The van der Waals surface area contributed by atoms with Gasteiger partial charge >= 0.3 is 0 Å². The zero-order chi connectivity index (χ0) is 15.9. The number of hydrogen-bond donors (Lipinski definition) is 1. The highest BCUT2D eigenvalue weighted by molar-refractivity contribution is 7.98. The van der Waals surface area contributed by atoms with Crippen molar-refractivity contribution in [1.29, 1.82) is 0 Å². The van der Waals surface area contributed by atoms with Crippen LogP contribution >= 0.6 is 11.8 Å². The molecule has 22 heavy (non-hydrogen) atoms. The van der Waals surface area contributed by atoms with Crippen LogP contribution in [0.5, 0.6) is 0 Å². The number of rotatable bonds is 7. The first-order chi connectivity index (χ1) is 10.6. The van der Waals surface area contributed by atoms with E-state index in [1.807, 2.05) is 44.2 Å². The van der Waals surface area contributed by atoms with Crippen LogP contribution in [0.3, 0.4) is 0 Å². The van der Waals surface area contributed by atoms with Gasteiger partial charge in [-0.25, -0.2) is 0 Å². The van der Waals surface area contributed by atoms with Crippen molar-refractivity contribution in [3.8, 4) is 0 Å². The molecule has 1 heterocycles. The van der Waals surface area contributed by atoms with Crippen molar-refractivity contribution in [3.05, 3.63) is 47.3 Å². The Morgan fingerprint density at radius 2 is 2.23 bits per heavy atom. The van der Waals surface area contributed by atoms with Crippen molar-refractivity contribution >= 4 is 17.7 Å². The molecular formula is C16H20N2O3S. The summed E-state index contributed by atoms with van der Waals surface area (Å²) < 4.78 is 10.2. The second kappa shape index (κ2) is 8.00. The Morgan fingerprint density at radius 1 is 1.45 bits per heavy atom. The van der Waals surface area contributed by atoms with Gasteiger partial charge in [-0.05, 0) is 26.0 Å². The van der Waals surface area contributed by atoms with Crippen LogP contribution in [0, 0.1) is 6.92 Å². The average molecular weight is 320 g/mol.